The molecule has 1 heterocycles. The van der Waals surface area contributed by atoms with Crippen LogP contribution in [-0.2, 0) is 6.54 Å². The fraction of sp³-hybridized carbons (Fsp3) is 0.667. The lowest BCUT2D eigenvalue weighted by atomic mass is 10.1. The second-order valence-corrected chi connectivity index (χ2v) is 4.69. The van der Waals surface area contributed by atoms with Gasteiger partial charge in [-0.25, -0.2) is 4.98 Å². The van der Waals surface area contributed by atoms with Crippen LogP contribution >= 0.6 is 0 Å². The van der Waals surface area contributed by atoms with Crippen molar-refractivity contribution in [1.82, 2.24) is 10.3 Å². The van der Waals surface area contributed by atoms with Crippen molar-refractivity contribution in [2.24, 2.45) is 0 Å². The molecule has 0 spiro atoms. The van der Waals surface area contributed by atoms with Crippen molar-refractivity contribution in [2.75, 3.05) is 24.6 Å². The Morgan fingerprint density at radius 2 is 2.00 bits per heavy atom. The van der Waals surface area contributed by atoms with Crippen LogP contribution in [0, 0.1) is 0 Å². The zero-order valence-corrected chi connectivity index (χ0v) is 12.4. The summed E-state index contributed by atoms with van der Waals surface area (Å²) in [6, 6.07) is 4.61. The maximum atomic E-state index is 9.23. The van der Waals surface area contributed by atoms with Crippen LogP contribution in [0.15, 0.2) is 18.3 Å². The van der Waals surface area contributed by atoms with Crippen LogP contribution in [-0.4, -0.2) is 35.8 Å². The molecule has 0 radical (unpaired) electrons. The van der Waals surface area contributed by atoms with Crippen LogP contribution in [0.3, 0.4) is 0 Å². The lowest BCUT2D eigenvalue weighted by Gasteiger charge is -2.31. The van der Waals surface area contributed by atoms with E-state index in [4.69, 9.17) is 0 Å². The molecule has 0 unspecified atom stereocenters. The predicted molar refractivity (Wildman–Crippen MR) is 80.4 cm³/mol. The van der Waals surface area contributed by atoms with E-state index in [0.717, 1.165) is 31.7 Å². The summed E-state index contributed by atoms with van der Waals surface area (Å²) in [4.78, 5) is 6.75. The summed E-state index contributed by atoms with van der Waals surface area (Å²) in [5.74, 6) is 0.961. The molecular weight excluding hydrogens is 238 g/mol. The Morgan fingerprint density at radius 1 is 1.26 bits per heavy atom. The molecule has 1 aromatic rings. The van der Waals surface area contributed by atoms with E-state index in [1.807, 2.05) is 6.20 Å². The molecule has 0 aromatic carbocycles. The summed E-state index contributed by atoms with van der Waals surface area (Å²) in [6.07, 6.45) is 4.05. The highest BCUT2D eigenvalue weighted by Crippen LogP contribution is 2.18. The second-order valence-electron chi connectivity index (χ2n) is 4.69. The molecule has 0 atom stereocenters. The van der Waals surface area contributed by atoms with Crippen LogP contribution in [0.4, 0.5) is 5.82 Å². The topological polar surface area (TPSA) is 48.4 Å². The van der Waals surface area contributed by atoms with Gasteiger partial charge in [-0.15, -0.1) is 0 Å². The quantitative estimate of drug-likeness (QED) is 0.718. The number of aliphatic hydroxyl groups excluding tert-OH is 1. The highest BCUT2D eigenvalue weighted by Gasteiger charge is 2.16. The van der Waals surface area contributed by atoms with E-state index >= 15 is 0 Å². The van der Waals surface area contributed by atoms with Crippen molar-refractivity contribution in [3.05, 3.63) is 23.9 Å². The number of nitrogens with zero attached hydrogens (tertiary/aromatic N) is 2. The zero-order valence-electron chi connectivity index (χ0n) is 12.4. The SMILES string of the molecule is CCNCc1ccc(N(CCO)C(CC)CC)nc1. The molecule has 108 valence electrons. The largest absolute Gasteiger partial charge is 0.395 e. The number of anilines is 1. The Labute approximate surface area is 116 Å². The Bertz CT molecular complexity index is 336. The number of aromatic nitrogens is 1. The molecule has 0 fully saturated rings. The third kappa shape index (κ3) is 4.80. The van der Waals surface area contributed by atoms with Gasteiger partial charge in [-0.1, -0.05) is 26.8 Å². The molecule has 1 aromatic heterocycles. The second kappa shape index (κ2) is 8.88. The maximum Gasteiger partial charge on any atom is 0.128 e. The molecule has 2 N–H and O–H groups in total. The smallest absolute Gasteiger partial charge is 0.128 e. The van der Waals surface area contributed by atoms with Crippen molar-refractivity contribution in [2.45, 2.75) is 46.2 Å². The molecular formula is C15H27N3O. The van der Waals surface area contributed by atoms with E-state index in [2.05, 4.69) is 48.1 Å². The first-order chi connectivity index (χ1) is 9.26. The first-order valence-corrected chi connectivity index (χ1v) is 7.29. The van der Waals surface area contributed by atoms with E-state index in [-0.39, 0.29) is 6.61 Å². The number of rotatable bonds is 9. The first kappa shape index (κ1) is 15.9. The lowest BCUT2D eigenvalue weighted by Crippen LogP contribution is -2.37. The zero-order chi connectivity index (χ0) is 14.1. The molecule has 0 aliphatic carbocycles. The summed E-state index contributed by atoms with van der Waals surface area (Å²) in [5.41, 5.74) is 1.19. The van der Waals surface area contributed by atoms with Crippen molar-refractivity contribution < 1.29 is 5.11 Å². The fourth-order valence-corrected chi connectivity index (χ4v) is 2.28. The molecule has 0 aliphatic heterocycles. The Hall–Kier alpha value is -1.13. The van der Waals surface area contributed by atoms with Gasteiger partial charge in [0, 0.05) is 25.3 Å². The third-order valence-corrected chi connectivity index (χ3v) is 3.41. The average molecular weight is 265 g/mol. The van der Waals surface area contributed by atoms with Gasteiger partial charge in [0.15, 0.2) is 0 Å². The molecule has 4 heteroatoms. The molecule has 0 saturated carbocycles. The molecule has 0 aliphatic rings. The molecule has 1 rings (SSSR count). The summed E-state index contributed by atoms with van der Waals surface area (Å²) < 4.78 is 0. The standard InChI is InChI=1S/C15H27N3O/c1-4-14(5-2)18(9-10-19)15-8-7-13(12-17-15)11-16-6-3/h7-8,12,14,16,19H,4-6,9-11H2,1-3H3. The van der Waals surface area contributed by atoms with Gasteiger partial charge in [-0.3, -0.25) is 0 Å². The number of pyridine rings is 1. The van der Waals surface area contributed by atoms with E-state index in [9.17, 15) is 5.11 Å². The van der Waals surface area contributed by atoms with Crippen molar-refractivity contribution >= 4 is 5.82 Å². The van der Waals surface area contributed by atoms with E-state index < -0.39 is 0 Å². The van der Waals surface area contributed by atoms with Gasteiger partial charge >= 0.3 is 0 Å². The number of hydrogen-bond donors (Lipinski definition) is 2. The van der Waals surface area contributed by atoms with E-state index in [1.54, 1.807) is 0 Å². The van der Waals surface area contributed by atoms with Crippen molar-refractivity contribution in [3.63, 3.8) is 0 Å². The Balaban J connectivity index is 2.78. The van der Waals surface area contributed by atoms with Gasteiger partial charge in [0.2, 0.25) is 0 Å². The minimum Gasteiger partial charge on any atom is -0.395 e. The monoisotopic (exact) mass is 265 g/mol. The van der Waals surface area contributed by atoms with Gasteiger partial charge in [-0.05, 0) is 31.0 Å². The van der Waals surface area contributed by atoms with Gasteiger partial charge < -0.3 is 15.3 Å². The van der Waals surface area contributed by atoms with Crippen LogP contribution < -0.4 is 10.2 Å². The van der Waals surface area contributed by atoms with Crippen LogP contribution in [0.5, 0.6) is 0 Å². The van der Waals surface area contributed by atoms with Crippen LogP contribution in [0.1, 0.15) is 39.2 Å². The third-order valence-electron chi connectivity index (χ3n) is 3.41. The minimum absolute atomic E-state index is 0.164. The van der Waals surface area contributed by atoms with Gasteiger partial charge in [0.1, 0.15) is 5.82 Å². The minimum atomic E-state index is 0.164. The molecule has 0 amide bonds. The number of nitrogens with one attached hydrogen (secondary N) is 1. The number of aliphatic hydroxyl groups is 1. The lowest BCUT2D eigenvalue weighted by molar-refractivity contribution is 0.295. The summed E-state index contributed by atoms with van der Waals surface area (Å²) in [7, 11) is 0. The van der Waals surface area contributed by atoms with E-state index in [0.29, 0.717) is 12.6 Å². The summed E-state index contributed by atoms with van der Waals surface area (Å²) in [5, 5.41) is 12.5. The van der Waals surface area contributed by atoms with Crippen LogP contribution in [0.2, 0.25) is 0 Å². The fourth-order valence-electron chi connectivity index (χ4n) is 2.28. The predicted octanol–water partition coefficient (Wildman–Crippen LogP) is 2.18. The van der Waals surface area contributed by atoms with Crippen molar-refractivity contribution in [1.29, 1.82) is 0 Å². The first-order valence-electron chi connectivity index (χ1n) is 7.29. The summed E-state index contributed by atoms with van der Waals surface area (Å²) >= 11 is 0. The van der Waals surface area contributed by atoms with Crippen molar-refractivity contribution in [3.8, 4) is 0 Å². The molecule has 4 nitrogen and oxygen atoms in total. The van der Waals surface area contributed by atoms with E-state index in [1.165, 1.54) is 5.56 Å². The van der Waals surface area contributed by atoms with Gasteiger partial charge in [0.25, 0.3) is 0 Å². The average Bonchev–Trinajstić information content (AvgIpc) is 2.46. The van der Waals surface area contributed by atoms with Gasteiger partial charge in [0.05, 0.1) is 6.61 Å². The van der Waals surface area contributed by atoms with Crippen LogP contribution in [0.25, 0.3) is 0 Å². The normalized spacial score (nSPS) is 11.0. The number of hydrogen-bond acceptors (Lipinski definition) is 4. The molecule has 19 heavy (non-hydrogen) atoms. The maximum absolute atomic E-state index is 9.23. The van der Waals surface area contributed by atoms with Gasteiger partial charge in [-0.2, -0.15) is 0 Å². The Morgan fingerprint density at radius 3 is 2.47 bits per heavy atom. The molecule has 0 bridgehead atoms. The highest BCUT2D eigenvalue weighted by atomic mass is 16.3. The summed E-state index contributed by atoms with van der Waals surface area (Å²) in [6.45, 7) is 9.08. The molecule has 0 saturated heterocycles. The highest BCUT2D eigenvalue weighted by molar-refractivity contribution is 5.40. The Kier molecular flexibility index (Phi) is 7.45.